The van der Waals surface area contributed by atoms with E-state index in [4.69, 9.17) is 10.0 Å². The Morgan fingerprint density at radius 3 is 2.25 bits per heavy atom. The summed E-state index contributed by atoms with van der Waals surface area (Å²) in [4.78, 5) is 0. The van der Waals surface area contributed by atoms with Crippen molar-refractivity contribution in [1.82, 2.24) is 0 Å². The van der Waals surface area contributed by atoms with Crippen LogP contribution in [0.3, 0.4) is 0 Å². The van der Waals surface area contributed by atoms with Crippen LogP contribution >= 0.6 is 0 Å². The van der Waals surface area contributed by atoms with Crippen molar-refractivity contribution >= 4 is 12.6 Å². The van der Waals surface area contributed by atoms with Gasteiger partial charge in [0, 0.05) is 0 Å². The van der Waals surface area contributed by atoms with Gasteiger partial charge in [-0.2, -0.15) is 13.2 Å². The lowest BCUT2D eigenvalue weighted by Crippen LogP contribution is -2.36. The Balaban J connectivity index is 2.46. The van der Waals surface area contributed by atoms with Gasteiger partial charge in [0.15, 0.2) is 0 Å². The molecule has 0 heterocycles. The summed E-state index contributed by atoms with van der Waals surface area (Å²) in [5, 5.41) is 17.7. The summed E-state index contributed by atoms with van der Waals surface area (Å²) < 4.78 is 38.0. The monoisotopic (exact) mass is 230 g/mol. The SMILES string of the molecule is OB(O)c1ccc(C2CC2)cc1C(F)(F)F. The third-order valence-corrected chi connectivity index (χ3v) is 2.71. The maximum Gasteiger partial charge on any atom is 0.489 e. The van der Waals surface area contributed by atoms with Gasteiger partial charge in [0.1, 0.15) is 0 Å². The molecule has 0 bridgehead atoms. The zero-order chi connectivity index (χ0) is 11.9. The van der Waals surface area contributed by atoms with E-state index in [2.05, 4.69) is 0 Å². The van der Waals surface area contributed by atoms with Crippen LogP contribution in [-0.4, -0.2) is 17.2 Å². The van der Waals surface area contributed by atoms with E-state index in [1.54, 1.807) is 0 Å². The minimum atomic E-state index is -4.55. The molecule has 0 atom stereocenters. The quantitative estimate of drug-likeness (QED) is 0.751. The van der Waals surface area contributed by atoms with E-state index < -0.39 is 24.3 Å². The Kier molecular flexibility index (Phi) is 2.71. The molecular weight excluding hydrogens is 220 g/mol. The third-order valence-electron chi connectivity index (χ3n) is 2.71. The fourth-order valence-corrected chi connectivity index (χ4v) is 1.72. The smallest absolute Gasteiger partial charge is 0.423 e. The summed E-state index contributed by atoms with van der Waals surface area (Å²) in [6.45, 7) is 0. The molecule has 0 aliphatic heterocycles. The first-order valence-corrected chi connectivity index (χ1v) is 4.97. The van der Waals surface area contributed by atoms with Crippen molar-refractivity contribution in [2.45, 2.75) is 24.9 Å². The van der Waals surface area contributed by atoms with Crippen LogP contribution in [-0.2, 0) is 6.18 Å². The first-order chi connectivity index (χ1) is 7.39. The number of hydrogen-bond acceptors (Lipinski definition) is 2. The number of alkyl halides is 3. The van der Waals surface area contributed by atoms with E-state index in [0.717, 1.165) is 25.0 Å². The Hall–Kier alpha value is -1.01. The molecule has 1 aliphatic rings. The molecule has 2 N–H and O–H groups in total. The summed E-state index contributed by atoms with van der Waals surface area (Å²) in [6.07, 6.45) is -2.75. The summed E-state index contributed by atoms with van der Waals surface area (Å²) in [5.41, 5.74) is -0.819. The zero-order valence-electron chi connectivity index (χ0n) is 8.33. The van der Waals surface area contributed by atoms with Crippen LogP contribution in [0.15, 0.2) is 18.2 Å². The van der Waals surface area contributed by atoms with Gasteiger partial charge in [0.05, 0.1) is 5.56 Å². The van der Waals surface area contributed by atoms with Crippen LogP contribution in [0, 0.1) is 0 Å². The van der Waals surface area contributed by atoms with Crippen LogP contribution in [0.5, 0.6) is 0 Å². The van der Waals surface area contributed by atoms with Crippen molar-refractivity contribution in [3.8, 4) is 0 Å². The molecule has 1 fully saturated rings. The maximum atomic E-state index is 12.7. The van der Waals surface area contributed by atoms with Gasteiger partial charge in [-0.15, -0.1) is 0 Å². The minimum Gasteiger partial charge on any atom is -0.423 e. The fraction of sp³-hybridized carbons (Fsp3) is 0.400. The molecule has 0 amide bonds. The molecule has 2 nitrogen and oxygen atoms in total. The highest BCUT2D eigenvalue weighted by Crippen LogP contribution is 2.41. The number of rotatable bonds is 2. The molecule has 1 aromatic carbocycles. The Morgan fingerprint density at radius 2 is 1.81 bits per heavy atom. The third kappa shape index (κ3) is 2.22. The molecule has 1 saturated carbocycles. The molecular formula is C10H10BF3O2. The van der Waals surface area contributed by atoms with Gasteiger partial charge in [0.2, 0.25) is 0 Å². The topological polar surface area (TPSA) is 40.5 Å². The second-order valence-electron chi connectivity index (χ2n) is 3.99. The van der Waals surface area contributed by atoms with Gasteiger partial charge < -0.3 is 10.0 Å². The van der Waals surface area contributed by atoms with Crippen molar-refractivity contribution in [3.05, 3.63) is 29.3 Å². The van der Waals surface area contributed by atoms with E-state index >= 15 is 0 Å². The second kappa shape index (κ2) is 3.78. The molecule has 2 rings (SSSR count). The molecule has 0 saturated heterocycles. The summed E-state index contributed by atoms with van der Waals surface area (Å²) in [7, 11) is -2.09. The molecule has 0 radical (unpaired) electrons. The van der Waals surface area contributed by atoms with Crippen LogP contribution in [0.4, 0.5) is 13.2 Å². The van der Waals surface area contributed by atoms with Gasteiger partial charge in [-0.05, 0) is 35.9 Å². The van der Waals surface area contributed by atoms with E-state index in [9.17, 15) is 13.2 Å². The van der Waals surface area contributed by atoms with Crippen molar-refractivity contribution in [2.75, 3.05) is 0 Å². The molecule has 0 aromatic heterocycles. The van der Waals surface area contributed by atoms with Gasteiger partial charge in [0.25, 0.3) is 0 Å². The minimum absolute atomic E-state index is 0.200. The highest BCUT2D eigenvalue weighted by molar-refractivity contribution is 6.59. The summed E-state index contributed by atoms with van der Waals surface area (Å²) in [6, 6.07) is 3.69. The molecule has 1 aliphatic carbocycles. The standard InChI is InChI=1S/C10H10BF3O2/c12-10(13,14)8-5-7(6-1-2-6)3-4-9(8)11(15)16/h3-6,15-16H,1-2H2. The lowest BCUT2D eigenvalue weighted by molar-refractivity contribution is -0.136. The van der Waals surface area contributed by atoms with E-state index in [1.165, 1.54) is 6.07 Å². The van der Waals surface area contributed by atoms with Crippen LogP contribution < -0.4 is 5.46 Å². The number of benzene rings is 1. The Morgan fingerprint density at radius 1 is 1.19 bits per heavy atom. The summed E-state index contributed by atoms with van der Waals surface area (Å²) in [5.74, 6) is 0.200. The van der Waals surface area contributed by atoms with Crippen LogP contribution in [0.25, 0.3) is 0 Å². The molecule has 1 aromatic rings. The predicted octanol–water partition coefficient (Wildman–Crippen LogP) is 1.26. The average molecular weight is 230 g/mol. The first kappa shape index (κ1) is 11.5. The molecule has 0 spiro atoms. The highest BCUT2D eigenvalue weighted by atomic mass is 19.4. The van der Waals surface area contributed by atoms with Gasteiger partial charge in [-0.1, -0.05) is 12.1 Å². The van der Waals surface area contributed by atoms with E-state index in [-0.39, 0.29) is 5.92 Å². The molecule has 86 valence electrons. The van der Waals surface area contributed by atoms with Crippen molar-refractivity contribution in [2.24, 2.45) is 0 Å². The maximum absolute atomic E-state index is 12.7. The van der Waals surface area contributed by atoms with Gasteiger partial charge in [-0.25, -0.2) is 0 Å². The van der Waals surface area contributed by atoms with Crippen molar-refractivity contribution < 1.29 is 23.2 Å². The van der Waals surface area contributed by atoms with Gasteiger partial charge >= 0.3 is 13.3 Å². The normalized spacial score (nSPS) is 16.3. The second-order valence-corrected chi connectivity index (χ2v) is 3.99. The average Bonchev–Trinajstić information content (AvgIpc) is 2.98. The Labute approximate surface area is 90.9 Å². The predicted molar refractivity (Wildman–Crippen MR) is 53.2 cm³/mol. The fourth-order valence-electron chi connectivity index (χ4n) is 1.72. The van der Waals surface area contributed by atoms with E-state index in [0.29, 0.717) is 5.56 Å². The first-order valence-electron chi connectivity index (χ1n) is 4.97. The molecule has 6 heteroatoms. The highest BCUT2D eigenvalue weighted by Gasteiger charge is 2.37. The van der Waals surface area contributed by atoms with Crippen LogP contribution in [0.1, 0.15) is 29.9 Å². The Bertz CT molecular complexity index is 400. The molecule has 0 unspecified atom stereocenters. The van der Waals surface area contributed by atoms with Crippen LogP contribution in [0.2, 0.25) is 0 Å². The van der Waals surface area contributed by atoms with Crippen molar-refractivity contribution in [1.29, 1.82) is 0 Å². The number of hydrogen-bond donors (Lipinski definition) is 2. The summed E-state index contributed by atoms with van der Waals surface area (Å²) >= 11 is 0. The molecule has 16 heavy (non-hydrogen) atoms. The number of halogens is 3. The van der Waals surface area contributed by atoms with Gasteiger partial charge in [-0.3, -0.25) is 0 Å². The lowest BCUT2D eigenvalue weighted by Gasteiger charge is -2.13. The zero-order valence-corrected chi connectivity index (χ0v) is 8.33. The van der Waals surface area contributed by atoms with Crippen molar-refractivity contribution in [3.63, 3.8) is 0 Å². The lowest BCUT2D eigenvalue weighted by atomic mass is 9.76. The largest absolute Gasteiger partial charge is 0.489 e. The van der Waals surface area contributed by atoms with E-state index in [1.807, 2.05) is 0 Å².